The molecule has 18 heavy (non-hydrogen) atoms. The van der Waals surface area contributed by atoms with Crippen LogP contribution in [0.25, 0.3) is 0 Å². The summed E-state index contributed by atoms with van der Waals surface area (Å²) in [7, 11) is -9.31. The molecule has 0 aliphatic carbocycles. The SMILES string of the molecule is N=C(NCC(=O)O)N(CP(=O)(O)O)CP(=O)(O)O. The fourth-order valence-electron chi connectivity index (χ4n) is 0.902. The Hall–Kier alpha value is -0.960. The Morgan fingerprint density at radius 2 is 1.50 bits per heavy atom. The van der Waals surface area contributed by atoms with Crippen LogP contribution in [0.5, 0.6) is 0 Å². The molecule has 0 spiro atoms. The van der Waals surface area contributed by atoms with Crippen LogP contribution in [-0.2, 0) is 13.9 Å². The summed E-state index contributed by atoms with van der Waals surface area (Å²) in [5, 5.41) is 17.5. The van der Waals surface area contributed by atoms with Crippen LogP contribution < -0.4 is 5.32 Å². The maximum atomic E-state index is 10.7. The molecule has 0 aliphatic heterocycles. The number of rotatable bonds is 6. The van der Waals surface area contributed by atoms with E-state index in [4.69, 9.17) is 30.1 Å². The first kappa shape index (κ1) is 17.0. The molecule has 0 saturated carbocycles. The lowest BCUT2D eigenvalue weighted by molar-refractivity contribution is -0.135. The summed E-state index contributed by atoms with van der Waals surface area (Å²) >= 11 is 0. The van der Waals surface area contributed by atoms with E-state index in [-0.39, 0.29) is 0 Å². The van der Waals surface area contributed by atoms with Crippen LogP contribution in [0.3, 0.4) is 0 Å². The second-order valence-electron chi connectivity index (χ2n) is 3.25. The predicted molar refractivity (Wildman–Crippen MR) is 59.0 cm³/mol. The van der Waals surface area contributed by atoms with Gasteiger partial charge in [-0.15, -0.1) is 0 Å². The molecule has 0 bridgehead atoms. The minimum absolute atomic E-state index is 0.379. The maximum Gasteiger partial charge on any atom is 0.344 e. The molecule has 7 N–H and O–H groups in total. The van der Waals surface area contributed by atoms with Crippen molar-refractivity contribution in [1.82, 2.24) is 10.2 Å². The Balaban J connectivity index is 4.75. The molecule has 11 nitrogen and oxygen atoms in total. The smallest absolute Gasteiger partial charge is 0.344 e. The summed E-state index contributed by atoms with van der Waals surface area (Å²) in [5.74, 6) is -2.14. The lowest BCUT2D eigenvalue weighted by Crippen LogP contribution is -2.43. The van der Waals surface area contributed by atoms with Gasteiger partial charge in [-0.05, 0) is 0 Å². The van der Waals surface area contributed by atoms with Gasteiger partial charge in [0.05, 0.1) is 0 Å². The van der Waals surface area contributed by atoms with Gasteiger partial charge in [0.25, 0.3) is 0 Å². The summed E-state index contributed by atoms with van der Waals surface area (Å²) in [6.45, 7) is -0.725. The second-order valence-corrected chi connectivity index (χ2v) is 6.47. The Bertz CT molecular complexity index is 389. The largest absolute Gasteiger partial charge is 0.480 e. The number of nitrogens with zero attached hydrogens (tertiary/aromatic N) is 1. The normalized spacial score (nSPS) is 12.0. The number of aliphatic carboxylic acids is 1. The second kappa shape index (κ2) is 6.28. The van der Waals surface area contributed by atoms with Gasteiger partial charge < -0.3 is 34.9 Å². The van der Waals surface area contributed by atoms with E-state index in [2.05, 4.69) is 0 Å². The molecular weight excluding hydrogens is 292 g/mol. The van der Waals surface area contributed by atoms with Gasteiger partial charge in [-0.3, -0.25) is 19.3 Å². The van der Waals surface area contributed by atoms with Gasteiger partial charge in [-0.2, -0.15) is 0 Å². The fourth-order valence-corrected chi connectivity index (χ4v) is 2.43. The van der Waals surface area contributed by atoms with Crippen LogP contribution in [0, 0.1) is 5.41 Å². The van der Waals surface area contributed by atoms with E-state index in [0.29, 0.717) is 4.90 Å². The minimum Gasteiger partial charge on any atom is -0.480 e. The molecule has 0 aromatic rings. The van der Waals surface area contributed by atoms with Gasteiger partial charge >= 0.3 is 21.2 Å². The van der Waals surface area contributed by atoms with Crippen molar-refractivity contribution in [3.63, 3.8) is 0 Å². The third kappa shape index (κ3) is 9.11. The van der Waals surface area contributed by atoms with Crippen molar-refractivity contribution < 1.29 is 38.6 Å². The van der Waals surface area contributed by atoms with E-state index in [0.717, 1.165) is 0 Å². The van der Waals surface area contributed by atoms with Crippen molar-refractivity contribution in [2.45, 2.75) is 0 Å². The molecule has 0 amide bonds. The Morgan fingerprint density at radius 1 is 1.11 bits per heavy atom. The molecule has 0 aromatic carbocycles. The molecule has 0 saturated heterocycles. The molecule has 0 rings (SSSR count). The number of carbonyl (C=O) groups is 1. The van der Waals surface area contributed by atoms with Crippen molar-refractivity contribution in [3.05, 3.63) is 0 Å². The van der Waals surface area contributed by atoms with Crippen molar-refractivity contribution in [3.8, 4) is 0 Å². The van der Waals surface area contributed by atoms with Gasteiger partial charge in [0.2, 0.25) is 0 Å². The summed E-state index contributed by atoms with van der Waals surface area (Å²) in [6, 6.07) is 0. The lowest BCUT2D eigenvalue weighted by Gasteiger charge is -2.25. The van der Waals surface area contributed by atoms with Crippen LogP contribution in [0.15, 0.2) is 0 Å². The highest BCUT2D eigenvalue weighted by molar-refractivity contribution is 7.52. The van der Waals surface area contributed by atoms with Crippen LogP contribution in [0.2, 0.25) is 0 Å². The summed E-state index contributed by atoms with van der Waals surface area (Å²) in [4.78, 5) is 45.3. The quantitative estimate of drug-likeness (QED) is 0.167. The van der Waals surface area contributed by atoms with E-state index in [1.165, 1.54) is 0 Å². The van der Waals surface area contributed by atoms with E-state index in [9.17, 15) is 13.9 Å². The zero-order chi connectivity index (χ0) is 14.6. The molecule has 0 heterocycles. The van der Waals surface area contributed by atoms with Gasteiger partial charge in [-0.1, -0.05) is 0 Å². The topological polar surface area (TPSA) is 191 Å². The van der Waals surface area contributed by atoms with E-state index < -0.39 is 46.2 Å². The minimum atomic E-state index is -4.65. The van der Waals surface area contributed by atoms with E-state index in [1.807, 2.05) is 5.32 Å². The molecule has 13 heteroatoms. The van der Waals surface area contributed by atoms with Gasteiger partial charge in [-0.25, -0.2) is 0 Å². The Kier molecular flexibility index (Phi) is 5.94. The molecule has 106 valence electrons. The van der Waals surface area contributed by atoms with E-state index in [1.54, 1.807) is 0 Å². The number of guanidine groups is 1. The van der Waals surface area contributed by atoms with Crippen molar-refractivity contribution in [1.29, 1.82) is 5.41 Å². The zero-order valence-corrected chi connectivity index (χ0v) is 10.7. The highest BCUT2D eigenvalue weighted by Gasteiger charge is 2.27. The van der Waals surface area contributed by atoms with Gasteiger partial charge in [0.15, 0.2) is 5.96 Å². The highest BCUT2D eigenvalue weighted by Crippen LogP contribution is 2.40. The first-order chi connectivity index (χ1) is 7.91. The van der Waals surface area contributed by atoms with Gasteiger partial charge in [0.1, 0.15) is 19.1 Å². The number of hydrogen-bond acceptors (Lipinski definition) is 4. The molecule has 0 aliphatic rings. The zero-order valence-electron chi connectivity index (χ0n) is 8.92. The summed E-state index contributed by atoms with van der Waals surface area (Å²) < 4.78 is 21.5. The molecular formula is C5H13N3O8P2. The number of carboxylic acid groups (broad SMARTS) is 1. The van der Waals surface area contributed by atoms with Crippen molar-refractivity contribution in [2.75, 3.05) is 19.1 Å². The lowest BCUT2D eigenvalue weighted by atomic mass is 10.6. The van der Waals surface area contributed by atoms with Crippen molar-refractivity contribution in [2.24, 2.45) is 0 Å². The highest BCUT2D eigenvalue weighted by atomic mass is 31.2. The number of hydrogen-bond donors (Lipinski definition) is 7. The van der Waals surface area contributed by atoms with Crippen LogP contribution in [-0.4, -0.2) is 60.6 Å². The van der Waals surface area contributed by atoms with Crippen molar-refractivity contribution >= 4 is 27.1 Å². The van der Waals surface area contributed by atoms with Gasteiger partial charge in [0, 0.05) is 0 Å². The van der Waals surface area contributed by atoms with E-state index >= 15 is 0 Å². The number of carboxylic acids is 1. The maximum absolute atomic E-state index is 10.7. The standard InChI is InChI=1S/C5H13N3O8P2/c6-5(7-1-4(9)10)8(2-17(11,12)13)3-18(14,15)16/h1-3H2,(H2,6,7)(H,9,10)(H2,11,12,13)(H2,14,15,16). The summed E-state index contributed by atoms with van der Waals surface area (Å²) in [5.41, 5.74) is 0. The number of nitrogens with one attached hydrogen (secondary N) is 2. The average Bonchev–Trinajstić information content (AvgIpc) is 2.08. The third-order valence-electron chi connectivity index (χ3n) is 1.43. The molecule has 0 aromatic heterocycles. The molecule has 0 unspecified atom stereocenters. The Labute approximate surface area is 101 Å². The monoisotopic (exact) mass is 305 g/mol. The molecule has 0 radical (unpaired) electrons. The molecule has 0 fully saturated rings. The van der Waals surface area contributed by atoms with Crippen LogP contribution in [0.4, 0.5) is 0 Å². The molecule has 0 atom stereocenters. The van der Waals surface area contributed by atoms with Crippen LogP contribution in [0.1, 0.15) is 0 Å². The van der Waals surface area contributed by atoms with Crippen LogP contribution >= 0.6 is 15.2 Å². The predicted octanol–water partition coefficient (Wildman–Crippen LogP) is -1.83. The first-order valence-corrected chi connectivity index (χ1v) is 7.88. The third-order valence-corrected chi connectivity index (χ3v) is 2.85. The fraction of sp³-hybridized carbons (Fsp3) is 0.600. The Morgan fingerprint density at radius 3 is 1.78 bits per heavy atom. The first-order valence-electron chi connectivity index (χ1n) is 4.29. The average molecular weight is 305 g/mol. The summed E-state index contributed by atoms with van der Waals surface area (Å²) in [6.07, 6.45) is -2.22.